The summed E-state index contributed by atoms with van der Waals surface area (Å²) < 4.78 is 29.2. The number of allylic oxidation sites excluding steroid dienone is 2. The molecule has 0 aliphatic carbocycles. The number of carbonyl (C=O) groups is 5. The number of nitrogens with zero attached hydrogens (tertiary/aromatic N) is 10. The summed E-state index contributed by atoms with van der Waals surface area (Å²) in [6.07, 6.45) is 3.32. The van der Waals surface area contributed by atoms with Crippen LogP contribution in [0, 0.1) is 25.7 Å². The van der Waals surface area contributed by atoms with Gasteiger partial charge in [-0.3, -0.25) is 39.3 Å². The molecule has 71 heavy (non-hydrogen) atoms. The highest BCUT2D eigenvalue weighted by Crippen LogP contribution is 2.33. The van der Waals surface area contributed by atoms with Crippen molar-refractivity contribution in [1.82, 2.24) is 48.5 Å². The van der Waals surface area contributed by atoms with Gasteiger partial charge in [0.1, 0.15) is 46.1 Å². The number of nitrogens with one attached hydrogen (secondary N) is 2. The number of benzene rings is 2. The van der Waals surface area contributed by atoms with E-state index < -0.39 is 29.3 Å². The van der Waals surface area contributed by atoms with Gasteiger partial charge in [0.05, 0.1) is 48.7 Å². The number of rotatable bonds is 16. The highest BCUT2D eigenvalue weighted by molar-refractivity contribution is 6.05. The van der Waals surface area contributed by atoms with Crippen molar-refractivity contribution in [3.05, 3.63) is 82.5 Å². The van der Waals surface area contributed by atoms with E-state index >= 15 is 0 Å². The summed E-state index contributed by atoms with van der Waals surface area (Å²) in [5, 5.41) is 14.7. The number of nitrogens with two attached hydrogens (primary N) is 1. The predicted molar refractivity (Wildman–Crippen MR) is 264 cm³/mol. The van der Waals surface area contributed by atoms with Gasteiger partial charge in [-0.1, -0.05) is 24.0 Å². The molecule has 6 aromatic rings. The second-order valence-corrected chi connectivity index (χ2v) is 17.6. The first kappa shape index (κ1) is 50.7. The fraction of sp³-hybridized carbons (Fsp3) is 0.408. The Labute approximate surface area is 410 Å². The number of fused-ring (bicyclic) bond motifs is 2. The summed E-state index contributed by atoms with van der Waals surface area (Å²) in [5.41, 5.74) is 9.13. The first-order chi connectivity index (χ1) is 33.9. The van der Waals surface area contributed by atoms with Crippen molar-refractivity contribution in [3.8, 4) is 23.3 Å². The van der Waals surface area contributed by atoms with Crippen LogP contribution in [0.4, 0.5) is 16.7 Å². The molecule has 4 N–H and O–H groups in total. The lowest BCUT2D eigenvalue weighted by Gasteiger charge is -2.34. The van der Waals surface area contributed by atoms with Crippen LogP contribution < -0.4 is 25.8 Å². The molecule has 5 heterocycles. The van der Waals surface area contributed by atoms with Gasteiger partial charge >= 0.3 is 12.1 Å². The molecule has 0 saturated carbocycles. The summed E-state index contributed by atoms with van der Waals surface area (Å²) in [6, 6.07) is 9.49. The van der Waals surface area contributed by atoms with Crippen LogP contribution in [-0.4, -0.2) is 137 Å². The molecule has 22 nitrogen and oxygen atoms in total. The number of hydrogen-bond donors (Lipinski definition) is 3. The van der Waals surface area contributed by atoms with E-state index in [9.17, 15) is 24.0 Å². The zero-order chi connectivity index (χ0) is 51.1. The average molecular weight is 974 g/mol. The van der Waals surface area contributed by atoms with Crippen molar-refractivity contribution in [3.63, 3.8) is 0 Å². The van der Waals surface area contributed by atoms with E-state index in [-0.39, 0.29) is 54.6 Å². The molecule has 1 aliphatic heterocycles. The number of methoxy groups -OCH3 is 2. The van der Waals surface area contributed by atoms with Crippen molar-refractivity contribution >= 4 is 63.7 Å². The minimum Gasteiger partial charge on any atom is -0.494 e. The normalized spacial score (nSPS) is 13.1. The van der Waals surface area contributed by atoms with Gasteiger partial charge in [-0.25, -0.2) is 19.6 Å². The number of aryl methyl sites for hydroxylation is 4. The van der Waals surface area contributed by atoms with Gasteiger partial charge in [0.15, 0.2) is 0 Å². The van der Waals surface area contributed by atoms with E-state index in [4.69, 9.17) is 34.6 Å². The number of esters is 1. The Bertz CT molecular complexity index is 3100. The molecule has 2 aromatic carbocycles. The fourth-order valence-electron chi connectivity index (χ4n) is 8.03. The van der Waals surface area contributed by atoms with Gasteiger partial charge in [-0.2, -0.15) is 10.2 Å². The molecular weight excluding hydrogens is 915 g/mol. The van der Waals surface area contributed by atoms with Crippen LogP contribution >= 0.6 is 0 Å². The van der Waals surface area contributed by atoms with E-state index in [2.05, 4.69) is 37.6 Å². The van der Waals surface area contributed by atoms with Crippen LogP contribution in [0.25, 0.3) is 22.1 Å². The highest BCUT2D eigenvalue weighted by Gasteiger charge is 2.27. The van der Waals surface area contributed by atoms with Gasteiger partial charge < -0.3 is 38.7 Å². The third-order valence-corrected chi connectivity index (χ3v) is 11.4. The number of primary amides is 1. The van der Waals surface area contributed by atoms with Gasteiger partial charge in [-0.05, 0) is 84.9 Å². The molecule has 7 rings (SSSR count). The standard InChI is InChI=1S/C49H59N13O9/c1-10-61-36(24-30(3)55-61)43(64)53-46-52-35-27-33(45(66)69-9)29-38(68-8)40(35)59(46)17-12-13-18-60-41-34(51-47(60)54-44(65)37-25-31(4)56-62(37)11-2)26-32(42(50)63)28-39(41)70-23-15-14-16-57-19-21-58(22-20-57)48(67)71-49(5,6)7/h12-13,24-29H,10-11,16-23H2,1-9H3,(H2,50,63)(H,51,54,65)(H,52,53,64)/b13-12+. The largest absolute Gasteiger partial charge is 0.494 e. The quantitative estimate of drug-likeness (QED) is 0.0655. The molecule has 1 aliphatic rings. The maximum absolute atomic E-state index is 13.9. The van der Waals surface area contributed by atoms with Crippen molar-refractivity contribution in [2.24, 2.45) is 5.73 Å². The second kappa shape index (κ2) is 21.6. The third-order valence-electron chi connectivity index (χ3n) is 11.4. The number of carbonyl (C=O) groups excluding carboxylic acids is 5. The predicted octanol–water partition coefficient (Wildman–Crippen LogP) is 5.03. The number of hydrogen-bond acceptors (Lipinski definition) is 14. The molecular formula is C49H59N13O9. The minimum atomic E-state index is -0.713. The molecule has 4 aromatic heterocycles. The lowest BCUT2D eigenvalue weighted by Crippen LogP contribution is -2.50. The smallest absolute Gasteiger partial charge is 0.410 e. The SMILES string of the molecule is CCn1nc(C)cc1C(=O)Nc1nc2cc(C(=O)OC)cc(OC)c2n1C/C=C/Cn1c(NC(=O)c2cc(C)nn2CC)nc2cc(C(N)=O)cc(OCC#CCN3CCN(C(=O)OC(C)(C)C)CC3)c21. The summed E-state index contributed by atoms with van der Waals surface area (Å²) in [5.74, 6) is 4.83. The molecule has 0 atom stereocenters. The van der Waals surface area contributed by atoms with Gasteiger partial charge in [0.2, 0.25) is 17.8 Å². The van der Waals surface area contributed by atoms with Gasteiger partial charge in [-0.15, -0.1) is 0 Å². The first-order valence-electron chi connectivity index (χ1n) is 23.1. The minimum absolute atomic E-state index is 0.0623. The van der Waals surface area contributed by atoms with Crippen molar-refractivity contribution in [1.29, 1.82) is 0 Å². The number of anilines is 2. The maximum atomic E-state index is 13.9. The monoisotopic (exact) mass is 973 g/mol. The maximum Gasteiger partial charge on any atom is 0.410 e. The first-order valence-corrected chi connectivity index (χ1v) is 23.1. The Kier molecular flexibility index (Phi) is 15.4. The van der Waals surface area contributed by atoms with Crippen molar-refractivity contribution in [2.45, 2.75) is 80.2 Å². The van der Waals surface area contributed by atoms with E-state index in [0.717, 1.165) is 0 Å². The van der Waals surface area contributed by atoms with Crippen molar-refractivity contribution in [2.75, 3.05) is 64.2 Å². The molecule has 1 fully saturated rings. The molecule has 4 amide bonds. The van der Waals surface area contributed by atoms with Crippen LogP contribution in [0.15, 0.2) is 48.6 Å². The van der Waals surface area contributed by atoms with E-state index in [0.29, 0.717) is 96.4 Å². The van der Waals surface area contributed by atoms with E-state index in [1.54, 1.807) is 55.4 Å². The molecule has 374 valence electrons. The van der Waals surface area contributed by atoms with Crippen LogP contribution in [0.3, 0.4) is 0 Å². The van der Waals surface area contributed by atoms with Crippen LogP contribution in [-0.2, 0) is 35.7 Å². The number of amides is 4. The van der Waals surface area contributed by atoms with Crippen LogP contribution in [0.2, 0.25) is 0 Å². The molecule has 0 bridgehead atoms. The second-order valence-electron chi connectivity index (χ2n) is 17.6. The Balaban J connectivity index is 1.20. The molecule has 1 saturated heterocycles. The van der Waals surface area contributed by atoms with Gasteiger partial charge in [0, 0.05) is 57.9 Å². The Morgan fingerprint density at radius 1 is 0.732 bits per heavy atom. The lowest BCUT2D eigenvalue weighted by molar-refractivity contribution is 0.0155. The number of piperazine rings is 1. The lowest BCUT2D eigenvalue weighted by atomic mass is 10.1. The Hall–Kier alpha value is -8.19. The number of imidazole rings is 2. The fourth-order valence-corrected chi connectivity index (χ4v) is 8.03. The summed E-state index contributed by atoms with van der Waals surface area (Å²) >= 11 is 0. The van der Waals surface area contributed by atoms with Crippen molar-refractivity contribution < 1.29 is 42.9 Å². The van der Waals surface area contributed by atoms with Crippen LogP contribution in [0.1, 0.15) is 87.7 Å². The Morgan fingerprint density at radius 3 is 1.75 bits per heavy atom. The average Bonchev–Trinajstić information content (AvgIpc) is 4.11. The number of ether oxygens (including phenoxy) is 4. The number of aromatic nitrogens is 8. The van der Waals surface area contributed by atoms with Gasteiger partial charge in [0.25, 0.3) is 11.8 Å². The van der Waals surface area contributed by atoms with E-state index in [1.807, 2.05) is 46.8 Å². The summed E-state index contributed by atoms with van der Waals surface area (Å²) in [4.78, 5) is 78.9. The molecule has 0 radical (unpaired) electrons. The zero-order valence-electron chi connectivity index (χ0n) is 41.4. The molecule has 22 heteroatoms. The highest BCUT2D eigenvalue weighted by atomic mass is 16.6. The van der Waals surface area contributed by atoms with E-state index in [1.165, 1.54) is 32.4 Å². The topological polar surface area (TPSA) is 250 Å². The summed E-state index contributed by atoms with van der Waals surface area (Å²) in [6.45, 7) is 16.7. The molecule has 0 spiro atoms. The third kappa shape index (κ3) is 11.6. The zero-order valence-corrected chi connectivity index (χ0v) is 41.4. The molecule has 0 unspecified atom stereocenters. The van der Waals surface area contributed by atoms with Crippen LogP contribution in [0.5, 0.6) is 11.5 Å². The summed E-state index contributed by atoms with van der Waals surface area (Å²) in [7, 11) is 2.74. The Morgan fingerprint density at radius 2 is 1.25 bits per heavy atom.